The van der Waals surface area contributed by atoms with Crippen LogP contribution in [0.25, 0.3) is 0 Å². The lowest BCUT2D eigenvalue weighted by Crippen LogP contribution is -2.47. The second kappa shape index (κ2) is 9.09. The van der Waals surface area contributed by atoms with Gasteiger partial charge in [-0.15, -0.1) is 0 Å². The molecule has 3 heterocycles. The number of benzene rings is 1. The van der Waals surface area contributed by atoms with E-state index in [9.17, 15) is 12.8 Å². The fraction of sp³-hybridized carbons (Fsp3) is 0.273. The number of hydrogen-bond donors (Lipinski definition) is 1. The summed E-state index contributed by atoms with van der Waals surface area (Å²) in [7, 11) is -1.61. The van der Waals surface area contributed by atoms with E-state index < -0.39 is 16.1 Å². The summed E-state index contributed by atoms with van der Waals surface area (Å²) in [6, 6.07) is 14.5. The van der Waals surface area contributed by atoms with Gasteiger partial charge in [0.05, 0.1) is 11.7 Å². The highest BCUT2D eigenvalue weighted by Crippen LogP contribution is 2.26. The van der Waals surface area contributed by atoms with E-state index >= 15 is 0 Å². The second-order valence-corrected chi connectivity index (χ2v) is 9.41. The molecule has 1 aliphatic heterocycles. The minimum Gasteiger partial charge on any atom is -0.358 e. The number of rotatable bonds is 6. The molecular weight excluding hydrogens is 417 g/mol. The molecule has 1 fully saturated rings. The van der Waals surface area contributed by atoms with Crippen LogP contribution in [0, 0.1) is 5.82 Å². The molecule has 7 nitrogen and oxygen atoms in total. The lowest BCUT2D eigenvalue weighted by Gasteiger charge is -2.31. The van der Waals surface area contributed by atoms with E-state index in [4.69, 9.17) is 0 Å². The van der Waals surface area contributed by atoms with Gasteiger partial charge in [-0.3, -0.25) is 4.98 Å². The van der Waals surface area contributed by atoms with Crippen molar-refractivity contribution in [3.8, 4) is 0 Å². The number of piperazine rings is 1. The molecule has 3 aromatic rings. The topological polar surface area (TPSA) is 78.4 Å². The summed E-state index contributed by atoms with van der Waals surface area (Å²) >= 11 is 0. The molecule has 0 amide bonds. The summed E-state index contributed by atoms with van der Waals surface area (Å²) in [6.45, 7) is 2.32. The molecule has 1 saturated heterocycles. The van der Waals surface area contributed by atoms with Gasteiger partial charge in [0.15, 0.2) is 0 Å². The number of nitrogens with zero attached hydrogens (tertiary/aromatic N) is 4. The highest BCUT2D eigenvalue weighted by molar-refractivity contribution is 7.89. The maximum Gasteiger partial charge on any atom is 0.244 e. The number of halogens is 1. The predicted octanol–water partition coefficient (Wildman–Crippen LogP) is 2.75. The van der Waals surface area contributed by atoms with Gasteiger partial charge >= 0.3 is 0 Å². The lowest BCUT2D eigenvalue weighted by molar-refractivity contribution is 0.222. The molecule has 9 heteroatoms. The molecule has 0 bridgehead atoms. The molecule has 2 aromatic heterocycles. The monoisotopic (exact) mass is 441 g/mol. The fourth-order valence-electron chi connectivity index (χ4n) is 3.50. The zero-order valence-electron chi connectivity index (χ0n) is 17.1. The first kappa shape index (κ1) is 21.4. The smallest absolute Gasteiger partial charge is 0.244 e. The van der Waals surface area contributed by atoms with E-state index in [1.807, 2.05) is 31.3 Å². The Morgan fingerprint density at radius 1 is 1.00 bits per heavy atom. The largest absolute Gasteiger partial charge is 0.358 e. The van der Waals surface area contributed by atoms with Crippen LogP contribution < -0.4 is 5.32 Å². The summed E-state index contributed by atoms with van der Waals surface area (Å²) in [5.74, 6) is 0.124. The standard InChI is InChI=1S/C22H24FN5O2S/c1-27-11-13-28(14-12-27)31(29,30)19-8-9-21(25-16-19)26-22(20-7-2-3-10-24-20)17-5-4-6-18(23)15-17/h2-10,15-16,22H,11-14H2,1H3,(H,25,26). The van der Waals surface area contributed by atoms with Gasteiger partial charge in [-0.1, -0.05) is 18.2 Å². The first-order valence-electron chi connectivity index (χ1n) is 10.0. The molecule has 1 atom stereocenters. The summed E-state index contributed by atoms with van der Waals surface area (Å²) in [5, 5.41) is 3.25. The van der Waals surface area contributed by atoms with Crippen LogP contribution in [-0.4, -0.2) is 60.8 Å². The van der Waals surface area contributed by atoms with Crippen LogP contribution in [-0.2, 0) is 10.0 Å². The number of pyridine rings is 2. The van der Waals surface area contributed by atoms with Crippen LogP contribution in [0.4, 0.5) is 10.2 Å². The molecule has 1 aromatic carbocycles. The molecule has 0 aliphatic carbocycles. The van der Waals surface area contributed by atoms with E-state index in [-0.39, 0.29) is 10.7 Å². The number of aromatic nitrogens is 2. The third-order valence-electron chi connectivity index (χ3n) is 5.29. The van der Waals surface area contributed by atoms with Crippen molar-refractivity contribution >= 4 is 15.8 Å². The van der Waals surface area contributed by atoms with Gasteiger partial charge in [-0.2, -0.15) is 4.31 Å². The summed E-state index contributed by atoms with van der Waals surface area (Å²) in [4.78, 5) is 11.0. The van der Waals surface area contributed by atoms with Crippen LogP contribution in [0.1, 0.15) is 17.3 Å². The summed E-state index contributed by atoms with van der Waals surface area (Å²) in [6.07, 6.45) is 3.03. The SMILES string of the molecule is CN1CCN(S(=O)(=O)c2ccc(NC(c3cccc(F)c3)c3ccccn3)nc2)CC1. The summed E-state index contributed by atoms with van der Waals surface area (Å²) in [5.41, 5.74) is 1.39. The Morgan fingerprint density at radius 3 is 2.45 bits per heavy atom. The number of nitrogens with one attached hydrogen (secondary N) is 1. The third-order valence-corrected chi connectivity index (χ3v) is 7.18. The number of anilines is 1. The number of likely N-dealkylation sites (N-methyl/N-ethyl adjacent to an activating group) is 1. The van der Waals surface area contributed by atoms with Crippen LogP contribution in [0.15, 0.2) is 71.9 Å². The van der Waals surface area contributed by atoms with Gasteiger partial charge in [0.1, 0.15) is 16.5 Å². The van der Waals surface area contributed by atoms with Crippen LogP contribution in [0.2, 0.25) is 0 Å². The third kappa shape index (κ3) is 4.90. The molecule has 0 saturated carbocycles. The van der Waals surface area contributed by atoms with Crippen LogP contribution in [0.5, 0.6) is 0 Å². The van der Waals surface area contributed by atoms with E-state index in [2.05, 4.69) is 20.2 Å². The van der Waals surface area contributed by atoms with Crippen molar-refractivity contribution in [1.82, 2.24) is 19.2 Å². The van der Waals surface area contributed by atoms with Crippen molar-refractivity contribution < 1.29 is 12.8 Å². The minimum absolute atomic E-state index is 0.155. The fourth-order valence-corrected chi connectivity index (χ4v) is 4.87. The predicted molar refractivity (Wildman–Crippen MR) is 117 cm³/mol. The maximum absolute atomic E-state index is 13.8. The average Bonchev–Trinajstić information content (AvgIpc) is 2.79. The maximum atomic E-state index is 13.8. The van der Waals surface area contributed by atoms with Gasteiger partial charge < -0.3 is 10.2 Å². The molecule has 0 radical (unpaired) electrons. The van der Waals surface area contributed by atoms with Gasteiger partial charge in [0.25, 0.3) is 0 Å². The molecule has 4 rings (SSSR count). The Kier molecular flexibility index (Phi) is 6.26. The number of sulfonamides is 1. The first-order valence-corrected chi connectivity index (χ1v) is 11.5. The molecular formula is C22H24FN5O2S. The van der Waals surface area contributed by atoms with Crippen molar-refractivity contribution in [3.05, 3.63) is 84.1 Å². The van der Waals surface area contributed by atoms with Gasteiger partial charge in [0, 0.05) is 38.6 Å². The van der Waals surface area contributed by atoms with Crippen molar-refractivity contribution in [2.75, 3.05) is 38.5 Å². The second-order valence-electron chi connectivity index (χ2n) is 7.47. The quantitative estimate of drug-likeness (QED) is 0.634. The van der Waals surface area contributed by atoms with Crippen molar-refractivity contribution in [1.29, 1.82) is 0 Å². The highest BCUT2D eigenvalue weighted by Gasteiger charge is 2.27. The molecule has 162 valence electrons. The Hall–Kier alpha value is -2.88. The zero-order chi connectivity index (χ0) is 21.8. The Bertz CT molecular complexity index is 1120. The average molecular weight is 442 g/mol. The Morgan fingerprint density at radius 2 is 1.81 bits per heavy atom. The molecule has 31 heavy (non-hydrogen) atoms. The first-order chi connectivity index (χ1) is 14.9. The highest BCUT2D eigenvalue weighted by atomic mass is 32.2. The van der Waals surface area contributed by atoms with Gasteiger partial charge in [0.2, 0.25) is 10.0 Å². The minimum atomic E-state index is -3.59. The van der Waals surface area contributed by atoms with E-state index in [0.717, 1.165) is 0 Å². The molecule has 0 spiro atoms. The van der Waals surface area contributed by atoms with E-state index in [1.54, 1.807) is 24.4 Å². The van der Waals surface area contributed by atoms with Crippen LogP contribution >= 0.6 is 0 Å². The molecule has 1 unspecified atom stereocenters. The van der Waals surface area contributed by atoms with Crippen molar-refractivity contribution in [2.45, 2.75) is 10.9 Å². The van der Waals surface area contributed by atoms with Crippen LogP contribution in [0.3, 0.4) is 0 Å². The van der Waals surface area contributed by atoms with Crippen molar-refractivity contribution in [3.63, 3.8) is 0 Å². The zero-order valence-corrected chi connectivity index (χ0v) is 18.0. The molecule has 1 N–H and O–H groups in total. The van der Waals surface area contributed by atoms with Gasteiger partial charge in [-0.25, -0.2) is 17.8 Å². The normalized spacial score (nSPS) is 16.7. The summed E-state index contributed by atoms with van der Waals surface area (Å²) < 4.78 is 41.1. The Labute approximate surface area is 181 Å². The van der Waals surface area contributed by atoms with E-state index in [0.29, 0.717) is 43.3 Å². The number of hydrogen-bond acceptors (Lipinski definition) is 6. The van der Waals surface area contributed by atoms with Gasteiger partial charge in [-0.05, 0) is 49.0 Å². The Balaban J connectivity index is 1.57. The van der Waals surface area contributed by atoms with E-state index in [1.165, 1.54) is 22.6 Å². The van der Waals surface area contributed by atoms with Crippen molar-refractivity contribution in [2.24, 2.45) is 0 Å². The molecule has 1 aliphatic rings. The lowest BCUT2D eigenvalue weighted by atomic mass is 10.0.